The SMILES string of the molecule is COc1cc(-c2cc(C(=O)/C=C\Nc3ccc4[nH]ccc4c3)[nH]n2)cc(OC)c1OC. The van der Waals surface area contributed by atoms with Gasteiger partial charge >= 0.3 is 0 Å². The Hall–Kier alpha value is -4.20. The molecular weight excluding hydrogens is 396 g/mol. The van der Waals surface area contributed by atoms with Gasteiger partial charge in [-0.3, -0.25) is 9.89 Å². The number of hydrogen-bond acceptors (Lipinski definition) is 6. The maximum Gasteiger partial charge on any atom is 0.205 e. The Kier molecular flexibility index (Phi) is 5.61. The second-order valence-corrected chi connectivity index (χ2v) is 6.70. The predicted octanol–water partition coefficient (Wildman–Crippen LogP) is 4.39. The van der Waals surface area contributed by atoms with Gasteiger partial charge in [0, 0.05) is 40.6 Å². The van der Waals surface area contributed by atoms with Crippen molar-refractivity contribution in [2.24, 2.45) is 0 Å². The molecule has 2 aromatic heterocycles. The lowest BCUT2D eigenvalue weighted by molar-refractivity contribution is 0.104. The monoisotopic (exact) mass is 418 g/mol. The third kappa shape index (κ3) is 4.09. The van der Waals surface area contributed by atoms with Gasteiger partial charge in [-0.2, -0.15) is 5.10 Å². The standard InChI is InChI=1S/C23H22N4O4/c1-29-21-11-15(12-22(30-2)23(21)31-3)18-13-19(27-26-18)20(28)7-9-24-16-4-5-17-14(10-16)6-8-25-17/h4-13,24-25H,1-3H3,(H,26,27)/b9-7-. The van der Waals surface area contributed by atoms with E-state index in [0.717, 1.165) is 22.2 Å². The molecular formula is C23H22N4O4. The van der Waals surface area contributed by atoms with Crippen LogP contribution in [0.5, 0.6) is 17.2 Å². The number of ketones is 1. The van der Waals surface area contributed by atoms with E-state index < -0.39 is 0 Å². The number of nitrogens with one attached hydrogen (secondary N) is 3. The number of aromatic amines is 2. The van der Waals surface area contributed by atoms with Gasteiger partial charge in [0.25, 0.3) is 0 Å². The normalized spacial score (nSPS) is 11.1. The first-order valence-corrected chi connectivity index (χ1v) is 9.53. The Morgan fingerprint density at radius 3 is 2.48 bits per heavy atom. The zero-order valence-corrected chi connectivity index (χ0v) is 17.4. The number of nitrogens with zero attached hydrogens (tertiary/aromatic N) is 1. The molecule has 0 radical (unpaired) electrons. The van der Waals surface area contributed by atoms with E-state index in [1.807, 2.05) is 30.5 Å². The highest BCUT2D eigenvalue weighted by atomic mass is 16.5. The molecule has 2 aromatic carbocycles. The maximum absolute atomic E-state index is 12.5. The van der Waals surface area contributed by atoms with Gasteiger partial charge < -0.3 is 24.5 Å². The van der Waals surface area contributed by atoms with Crippen molar-refractivity contribution < 1.29 is 19.0 Å². The molecule has 8 nitrogen and oxygen atoms in total. The quantitative estimate of drug-likeness (QED) is 0.290. The molecule has 0 aliphatic heterocycles. The highest BCUT2D eigenvalue weighted by Gasteiger charge is 2.16. The maximum atomic E-state index is 12.5. The smallest absolute Gasteiger partial charge is 0.205 e. The Morgan fingerprint density at radius 2 is 1.77 bits per heavy atom. The van der Waals surface area contributed by atoms with Crippen LogP contribution in [0, 0.1) is 0 Å². The van der Waals surface area contributed by atoms with Crippen LogP contribution in [0.3, 0.4) is 0 Å². The largest absolute Gasteiger partial charge is 0.493 e. The highest BCUT2D eigenvalue weighted by Crippen LogP contribution is 2.40. The van der Waals surface area contributed by atoms with Crippen LogP contribution in [0.4, 0.5) is 5.69 Å². The number of carbonyl (C=O) groups is 1. The molecule has 0 saturated carbocycles. The Labute approximate surface area is 178 Å². The molecule has 3 N–H and O–H groups in total. The molecule has 0 fully saturated rings. The van der Waals surface area contributed by atoms with Crippen LogP contribution in [-0.4, -0.2) is 42.3 Å². The lowest BCUT2D eigenvalue weighted by Crippen LogP contribution is -1.96. The molecule has 31 heavy (non-hydrogen) atoms. The number of anilines is 1. The van der Waals surface area contributed by atoms with E-state index in [9.17, 15) is 4.79 Å². The van der Waals surface area contributed by atoms with Gasteiger partial charge in [0.15, 0.2) is 11.5 Å². The third-order valence-corrected chi connectivity index (χ3v) is 4.84. The van der Waals surface area contributed by atoms with Gasteiger partial charge in [0.05, 0.1) is 27.0 Å². The van der Waals surface area contributed by atoms with Crippen molar-refractivity contribution in [2.45, 2.75) is 0 Å². The van der Waals surface area contributed by atoms with Crippen molar-refractivity contribution in [3.8, 4) is 28.5 Å². The first-order valence-electron chi connectivity index (χ1n) is 9.53. The summed E-state index contributed by atoms with van der Waals surface area (Å²) in [5.41, 5.74) is 3.62. The van der Waals surface area contributed by atoms with Crippen molar-refractivity contribution in [2.75, 3.05) is 26.6 Å². The van der Waals surface area contributed by atoms with E-state index in [1.165, 1.54) is 6.08 Å². The van der Waals surface area contributed by atoms with Crippen LogP contribution >= 0.6 is 0 Å². The number of methoxy groups -OCH3 is 3. The van der Waals surface area contributed by atoms with Crippen molar-refractivity contribution in [3.05, 3.63) is 66.6 Å². The molecule has 8 heteroatoms. The number of H-pyrrole nitrogens is 2. The molecule has 0 atom stereocenters. The van der Waals surface area contributed by atoms with Crippen molar-refractivity contribution in [3.63, 3.8) is 0 Å². The number of rotatable bonds is 8. The van der Waals surface area contributed by atoms with E-state index in [4.69, 9.17) is 14.2 Å². The molecule has 0 unspecified atom stereocenters. The minimum absolute atomic E-state index is 0.207. The van der Waals surface area contributed by atoms with Crippen LogP contribution in [0.2, 0.25) is 0 Å². The summed E-state index contributed by atoms with van der Waals surface area (Å²) >= 11 is 0. The third-order valence-electron chi connectivity index (χ3n) is 4.84. The average molecular weight is 418 g/mol. The number of aromatic nitrogens is 3. The Morgan fingerprint density at radius 1 is 1.00 bits per heavy atom. The summed E-state index contributed by atoms with van der Waals surface area (Å²) in [5, 5.41) is 11.2. The first-order chi connectivity index (χ1) is 15.1. The summed E-state index contributed by atoms with van der Waals surface area (Å²) < 4.78 is 16.1. The topological polar surface area (TPSA) is 101 Å². The van der Waals surface area contributed by atoms with Crippen LogP contribution < -0.4 is 19.5 Å². The number of fused-ring (bicyclic) bond motifs is 1. The van der Waals surface area contributed by atoms with E-state index >= 15 is 0 Å². The molecule has 0 aliphatic carbocycles. The fourth-order valence-electron chi connectivity index (χ4n) is 3.27. The van der Waals surface area contributed by atoms with E-state index in [2.05, 4.69) is 20.5 Å². The zero-order valence-electron chi connectivity index (χ0n) is 17.4. The van der Waals surface area contributed by atoms with Crippen molar-refractivity contribution >= 4 is 22.4 Å². The second-order valence-electron chi connectivity index (χ2n) is 6.70. The van der Waals surface area contributed by atoms with Crippen LogP contribution in [-0.2, 0) is 0 Å². The van der Waals surface area contributed by atoms with Crippen LogP contribution in [0.15, 0.2) is 60.9 Å². The van der Waals surface area contributed by atoms with E-state index in [0.29, 0.717) is 28.6 Å². The summed E-state index contributed by atoms with van der Waals surface area (Å²) in [5.74, 6) is 1.31. The predicted molar refractivity (Wildman–Crippen MR) is 119 cm³/mol. The number of allylic oxidation sites excluding steroid dienone is 1. The zero-order chi connectivity index (χ0) is 21.8. The molecule has 0 spiro atoms. The highest BCUT2D eigenvalue weighted by molar-refractivity contribution is 6.03. The van der Waals surface area contributed by atoms with Gasteiger partial charge in [0.2, 0.25) is 11.5 Å². The Balaban J connectivity index is 1.50. The number of benzene rings is 2. The van der Waals surface area contributed by atoms with Gasteiger partial charge in [-0.25, -0.2) is 0 Å². The lowest BCUT2D eigenvalue weighted by Gasteiger charge is -2.13. The summed E-state index contributed by atoms with van der Waals surface area (Å²) in [6, 6.07) is 13.1. The van der Waals surface area contributed by atoms with Crippen molar-refractivity contribution in [1.29, 1.82) is 0 Å². The van der Waals surface area contributed by atoms with Gasteiger partial charge in [-0.05, 0) is 42.5 Å². The summed E-state index contributed by atoms with van der Waals surface area (Å²) in [6.45, 7) is 0. The van der Waals surface area contributed by atoms with Gasteiger partial charge in [-0.1, -0.05) is 0 Å². The van der Waals surface area contributed by atoms with Crippen LogP contribution in [0.25, 0.3) is 22.2 Å². The van der Waals surface area contributed by atoms with Gasteiger partial charge in [0.1, 0.15) is 5.69 Å². The fourth-order valence-corrected chi connectivity index (χ4v) is 3.27. The fraction of sp³-hybridized carbons (Fsp3) is 0.130. The molecule has 158 valence electrons. The van der Waals surface area contributed by atoms with Crippen LogP contribution in [0.1, 0.15) is 10.5 Å². The average Bonchev–Trinajstić information content (AvgIpc) is 3.47. The summed E-state index contributed by atoms with van der Waals surface area (Å²) in [7, 11) is 4.64. The number of hydrogen-bond donors (Lipinski definition) is 3. The minimum atomic E-state index is -0.207. The van der Waals surface area contributed by atoms with Crippen molar-refractivity contribution in [1.82, 2.24) is 15.2 Å². The number of ether oxygens (including phenoxy) is 3. The van der Waals surface area contributed by atoms with E-state index in [-0.39, 0.29) is 5.78 Å². The van der Waals surface area contributed by atoms with E-state index in [1.54, 1.807) is 45.7 Å². The second kappa shape index (κ2) is 8.66. The molecule has 4 aromatic rings. The molecule has 0 bridgehead atoms. The Bertz CT molecular complexity index is 1230. The number of carbonyl (C=O) groups excluding carboxylic acids is 1. The lowest BCUT2D eigenvalue weighted by atomic mass is 10.1. The molecule has 0 amide bonds. The summed E-state index contributed by atoms with van der Waals surface area (Å²) in [4.78, 5) is 15.7. The van der Waals surface area contributed by atoms with Gasteiger partial charge in [-0.15, -0.1) is 0 Å². The molecule has 4 rings (SSSR count). The molecule has 2 heterocycles. The summed E-state index contributed by atoms with van der Waals surface area (Å²) in [6.07, 6.45) is 4.95. The first kappa shape index (κ1) is 20.1. The molecule has 0 aliphatic rings. The molecule has 0 saturated heterocycles. The minimum Gasteiger partial charge on any atom is -0.493 e.